The topological polar surface area (TPSA) is 108 Å². The second-order valence-electron chi connectivity index (χ2n) is 6.63. The highest BCUT2D eigenvalue weighted by Crippen LogP contribution is 2.24. The molecule has 1 aliphatic heterocycles. The van der Waals surface area contributed by atoms with Crippen molar-refractivity contribution in [1.82, 2.24) is 14.2 Å². The highest BCUT2D eigenvalue weighted by atomic mass is 32.2. The number of nitrogens with zero attached hydrogens (tertiary/aromatic N) is 4. The van der Waals surface area contributed by atoms with Crippen molar-refractivity contribution in [1.29, 1.82) is 5.26 Å². The zero-order chi connectivity index (χ0) is 21.1. The van der Waals surface area contributed by atoms with E-state index in [-0.39, 0.29) is 35.2 Å². The Balaban J connectivity index is 1.35. The number of hydrogen-bond acceptors (Lipinski definition) is 7. The summed E-state index contributed by atoms with van der Waals surface area (Å²) < 4.78 is 32.7. The first-order valence-corrected chi connectivity index (χ1v) is 11.7. The van der Waals surface area contributed by atoms with Crippen molar-refractivity contribution in [2.45, 2.75) is 10.1 Å². The molecule has 1 amide bonds. The van der Waals surface area contributed by atoms with Crippen molar-refractivity contribution >= 4 is 38.8 Å². The highest BCUT2D eigenvalue weighted by Gasteiger charge is 2.31. The van der Waals surface area contributed by atoms with Gasteiger partial charge >= 0.3 is 0 Å². The van der Waals surface area contributed by atoms with Crippen LogP contribution in [0, 0.1) is 11.3 Å². The molecular formula is C20H18N4O4S2. The normalized spacial score (nSPS) is 15.2. The number of sulfonamides is 1. The van der Waals surface area contributed by atoms with E-state index in [1.165, 1.54) is 28.2 Å². The number of carbonyl (C=O) groups is 1. The van der Waals surface area contributed by atoms with Crippen LogP contribution >= 0.6 is 11.8 Å². The van der Waals surface area contributed by atoms with Gasteiger partial charge in [-0.15, -0.1) is 0 Å². The summed E-state index contributed by atoms with van der Waals surface area (Å²) in [6.45, 7) is 0.949. The first-order chi connectivity index (χ1) is 14.5. The summed E-state index contributed by atoms with van der Waals surface area (Å²) in [7, 11) is -3.78. The molecule has 1 aromatic heterocycles. The van der Waals surface area contributed by atoms with Gasteiger partial charge < -0.3 is 9.32 Å². The van der Waals surface area contributed by atoms with Gasteiger partial charge in [0, 0.05) is 26.2 Å². The molecule has 0 atom stereocenters. The molecule has 0 bridgehead atoms. The van der Waals surface area contributed by atoms with Gasteiger partial charge in [0.25, 0.3) is 5.22 Å². The van der Waals surface area contributed by atoms with E-state index in [2.05, 4.69) is 4.98 Å². The van der Waals surface area contributed by atoms with Gasteiger partial charge in [-0.05, 0) is 24.3 Å². The quantitative estimate of drug-likeness (QED) is 0.558. The lowest BCUT2D eigenvalue weighted by molar-refractivity contribution is -0.129. The molecule has 0 aliphatic carbocycles. The molecule has 2 aromatic carbocycles. The number of thioether (sulfide) groups is 1. The molecule has 1 saturated heterocycles. The van der Waals surface area contributed by atoms with Crippen molar-refractivity contribution in [2.75, 3.05) is 31.9 Å². The van der Waals surface area contributed by atoms with Crippen LogP contribution in [0.4, 0.5) is 0 Å². The zero-order valence-electron chi connectivity index (χ0n) is 15.9. The summed E-state index contributed by atoms with van der Waals surface area (Å²) in [5.41, 5.74) is 1.53. The van der Waals surface area contributed by atoms with Crippen LogP contribution in [0.15, 0.2) is 63.1 Å². The summed E-state index contributed by atoms with van der Waals surface area (Å²) >= 11 is 1.22. The predicted octanol–water partition coefficient (Wildman–Crippen LogP) is 2.32. The van der Waals surface area contributed by atoms with Crippen LogP contribution in [0.25, 0.3) is 11.1 Å². The summed E-state index contributed by atoms with van der Waals surface area (Å²) in [6.07, 6.45) is 0. The Morgan fingerprint density at radius 3 is 2.53 bits per heavy atom. The van der Waals surface area contributed by atoms with E-state index in [9.17, 15) is 18.5 Å². The fraction of sp³-hybridized carbons (Fsp3) is 0.250. The molecule has 8 nitrogen and oxygen atoms in total. The number of oxazole rings is 1. The van der Waals surface area contributed by atoms with Crippen molar-refractivity contribution in [3.63, 3.8) is 0 Å². The number of benzene rings is 2. The molecule has 30 heavy (non-hydrogen) atoms. The number of carbonyl (C=O) groups excluding carboxylic acids is 1. The van der Waals surface area contributed by atoms with E-state index in [0.29, 0.717) is 23.9 Å². The maximum Gasteiger partial charge on any atom is 0.257 e. The van der Waals surface area contributed by atoms with Crippen LogP contribution in [0.2, 0.25) is 0 Å². The largest absolute Gasteiger partial charge is 0.431 e. The number of para-hydroxylation sites is 2. The lowest BCUT2D eigenvalue weighted by Gasteiger charge is -2.34. The van der Waals surface area contributed by atoms with Crippen molar-refractivity contribution in [3.8, 4) is 6.07 Å². The minimum absolute atomic E-state index is 0.00112. The average molecular weight is 443 g/mol. The number of rotatable bonds is 5. The van der Waals surface area contributed by atoms with Crippen LogP contribution in [-0.4, -0.2) is 60.4 Å². The van der Waals surface area contributed by atoms with Gasteiger partial charge in [0.2, 0.25) is 15.9 Å². The Morgan fingerprint density at radius 2 is 1.80 bits per heavy atom. The van der Waals surface area contributed by atoms with Crippen LogP contribution in [0.3, 0.4) is 0 Å². The molecule has 0 N–H and O–H groups in total. The van der Waals surface area contributed by atoms with E-state index in [1.807, 2.05) is 30.3 Å². The lowest BCUT2D eigenvalue weighted by Crippen LogP contribution is -2.51. The summed E-state index contributed by atoms with van der Waals surface area (Å²) in [5.74, 6) is 0.0633. The SMILES string of the molecule is N#Cc1ccccc1S(=O)(=O)N1CCN(C(=O)CSc2nc3ccccc3o2)CC1. The third kappa shape index (κ3) is 4.05. The van der Waals surface area contributed by atoms with Crippen molar-refractivity contribution < 1.29 is 17.6 Å². The lowest BCUT2D eigenvalue weighted by atomic mass is 10.2. The van der Waals surface area contributed by atoms with Crippen LogP contribution in [-0.2, 0) is 14.8 Å². The maximum atomic E-state index is 12.9. The maximum absolute atomic E-state index is 12.9. The highest BCUT2D eigenvalue weighted by molar-refractivity contribution is 7.99. The Bertz CT molecular complexity index is 1190. The summed E-state index contributed by atoms with van der Waals surface area (Å²) in [5, 5.41) is 9.62. The van der Waals surface area contributed by atoms with Gasteiger partial charge in [-0.3, -0.25) is 4.79 Å². The third-order valence-corrected chi connectivity index (χ3v) is 7.58. The van der Waals surface area contributed by atoms with Gasteiger partial charge in [0.05, 0.1) is 16.2 Å². The number of amides is 1. The standard InChI is InChI=1S/C20H18N4O4S2/c21-13-15-5-1-4-8-18(15)30(26,27)24-11-9-23(10-12-24)19(25)14-29-20-22-16-6-2-3-7-17(16)28-20/h1-8H,9-12,14H2. The molecule has 10 heteroatoms. The number of aromatic nitrogens is 1. The first kappa shape index (κ1) is 20.4. The molecule has 0 spiro atoms. The Labute approximate surface area is 178 Å². The van der Waals surface area contributed by atoms with E-state index in [4.69, 9.17) is 4.42 Å². The predicted molar refractivity (Wildman–Crippen MR) is 111 cm³/mol. The molecule has 0 unspecified atom stereocenters. The monoisotopic (exact) mass is 442 g/mol. The second-order valence-corrected chi connectivity index (χ2v) is 9.46. The van der Waals surface area contributed by atoms with E-state index < -0.39 is 10.0 Å². The van der Waals surface area contributed by atoms with Crippen molar-refractivity contribution in [3.05, 3.63) is 54.1 Å². The van der Waals surface area contributed by atoms with Crippen LogP contribution in [0.1, 0.15) is 5.56 Å². The smallest absolute Gasteiger partial charge is 0.257 e. The van der Waals surface area contributed by atoms with Gasteiger partial charge in [0.1, 0.15) is 11.6 Å². The zero-order valence-corrected chi connectivity index (χ0v) is 17.5. The van der Waals surface area contributed by atoms with Crippen LogP contribution < -0.4 is 0 Å². The van der Waals surface area contributed by atoms with E-state index in [1.54, 1.807) is 17.0 Å². The fourth-order valence-electron chi connectivity index (χ4n) is 3.23. The Kier molecular flexibility index (Phi) is 5.76. The molecule has 1 aliphatic rings. The number of hydrogen-bond donors (Lipinski definition) is 0. The minimum Gasteiger partial charge on any atom is -0.431 e. The molecule has 0 saturated carbocycles. The average Bonchev–Trinajstić information content (AvgIpc) is 3.20. The third-order valence-electron chi connectivity index (χ3n) is 4.81. The molecule has 3 aromatic rings. The minimum atomic E-state index is -3.78. The molecule has 0 radical (unpaired) electrons. The van der Waals surface area contributed by atoms with Crippen molar-refractivity contribution in [2.24, 2.45) is 0 Å². The fourth-order valence-corrected chi connectivity index (χ4v) is 5.53. The van der Waals surface area contributed by atoms with Gasteiger partial charge in [-0.25, -0.2) is 13.4 Å². The number of nitriles is 1. The number of fused-ring (bicyclic) bond motifs is 1. The summed E-state index contributed by atoms with van der Waals surface area (Å²) in [6, 6.07) is 15.4. The van der Waals surface area contributed by atoms with Gasteiger partial charge in [-0.2, -0.15) is 9.57 Å². The molecular weight excluding hydrogens is 424 g/mol. The van der Waals surface area contributed by atoms with Gasteiger partial charge in [0.15, 0.2) is 5.58 Å². The van der Waals surface area contributed by atoms with Gasteiger partial charge in [-0.1, -0.05) is 36.0 Å². The molecule has 1 fully saturated rings. The molecule has 4 rings (SSSR count). The Morgan fingerprint density at radius 1 is 1.10 bits per heavy atom. The van der Waals surface area contributed by atoms with Crippen LogP contribution in [0.5, 0.6) is 0 Å². The molecule has 2 heterocycles. The second kappa shape index (κ2) is 8.47. The molecule has 154 valence electrons. The first-order valence-electron chi connectivity index (χ1n) is 9.24. The van der Waals surface area contributed by atoms with E-state index >= 15 is 0 Å². The summed E-state index contributed by atoms with van der Waals surface area (Å²) in [4.78, 5) is 18.5. The van der Waals surface area contributed by atoms with E-state index in [0.717, 1.165) is 5.52 Å². The number of piperazine rings is 1. The Hall–Kier alpha value is -2.87.